The van der Waals surface area contributed by atoms with Crippen molar-refractivity contribution in [3.05, 3.63) is 64.9 Å². The lowest BCUT2D eigenvalue weighted by molar-refractivity contribution is 0.112. The van der Waals surface area contributed by atoms with Crippen molar-refractivity contribution < 1.29 is 4.79 Å². The van der Waals surface area contributed by atoms with Crippen molar-refractivity contribution in [2.75, 3.05) is 0 Å². The van der Waals surface area contributed by atoms with Gasteiger partial charge < -0.3 is 0 Å². The van der Waals surface area contributed by atoms with Crippen LogP contribution >= 0.6 is 22.7 Å². The van der Waals surface area contributed by atoms with Gasteiger partial charge in [0.25, 0.3) is 0 Å². The molecule has 0 bridgehead atoms. The molecule has 3 aromatic rings. The van der Waals surface area contributed by atoms with Crippen LogP contribution in [0.5, 0.6) is 0 Å². The highest BCUT2D eigenvalue weighted by Crippen LogP contribution is 2.43. The fourth-order valence-electron chi connectivity index (χ4n) is 2.21. The van der Waals surface area contributed by atoms with Crippen LogP contribution in [0.3, 0.4) is 0 Å². The van der Waals surface area contributed by atoms with Crippen LogP contribution in [0.25, 0.3) is 27.0 Å². The number of hydrogen-bond donors (Lipinski definition) is 0. The van der Waals surface area contributed by atoms with Crippen LogP contribution < -0.4 is 0 Å². The van der Waals surface area contributed by atoms with E-state index in [9.17, 15) is 4.79 Å². The van der Waals surface area contributed by atoms with Crippen molar-refractivity contribution in [3.63, 3.8) is 0 Å². The van der Waals surface area contributed by atoms with E-state index in [0.717, 1.165) is 37.6 Å². The summed E-state index contributed by atoms with van der Waals surface area (Å²) in [5.41, 5.74) is 2.81. The second kappa shape index (κ2) is 5.57. The molecule has 3 rings (SSSR count). The third-order valence-corrected chi connectivity index (χ3v) is 5.33. The summed E-state index contributed by atoms with van der Waals surface area (Å²) in [4.78, 5) is 14.8. The number of hydrogen-bond acceptors (Lipinski definition) is 3. The zero-order valence-corrected chi connectivity index (χ0v) is 12.3. The minimum absolute atomic E-state index is 0.763. The van der Waals surface area contributed by atoms with Gasteiger partial charge in [-0.15, -0.1) is 22.7 Å². The Morgan fingerprint density at radius 2 is 1.85 bits per heavy atom. The first-order valence-electron chi connectivity index (χ1n) is 6.19. The molecule has 3 heteroatoms. The highest BCUT2D eigenvalue weighted by molar-refractivity contribution is 7.22. The molecule has 0 radical (unpaired) electrons. The Labute approximate surface area is 125 Å². The minimum atomic E-state index is 0.763. The maximum Gasteiger partial charge on any atom is 0.152 e. The van der Waals surface area contributed by atoms with Crippen LogP contribution in [0.1, 0.15) is 15.2 Å². The number of rotatable bonds is 4. The molecule has 0 fully saturated rings. The minimum Gasteiger partial charge on any atom is -0.298 e. The predicted molar refractivity (Wildman–Crippen MR) is 88.5 cm³/mol. The van der Waals surface area contributed by atoms with Crippen molar-refractivity contribution in [2.45, 2.75) is 0 Å². The molecular formula is C17H12OS2. The monoisotopic (exact) mass is 296 g/mol. The van der Waals surface area contributed by atoms with Gasteiger partial charge in [0.1, 0.15) is 0 Å². The molecule has 0 spiro atoms. The van der Waals surface area contributed by atoms with Gasteiger partial charge in [-0.2, -0.15) is 0 Å². The SMILES string of the molecule is C=Cc1sc(-c2cccs2)c(C=O)c1-c1ccccc1. The topological polar surface area (TPSA) is 17.1 Å². The van der Waals surface area contributed by atoms with E-state index in [4.69, 9.17) is 0 Å². The van der Waals surface area contributed by atoms with Crippen LogP contribution in [-0.2, 0) is 0 Å². The second-order valence-corrected chi connectivity index (χ2v) is 6.25. The Hall–Kier alpha value is -1.97. The van der Waals surface area contributed by atoms with Gasteiger partial charge in [0.05, 0.1) is 4.88 Å². The maximum atomic E-state index is 11.6. The van der Waals surface area contributed by atoms with Crippen LogP contribution in [0.2, 0.25) is 0 Å². The zero-order chi connectivity index (χ0) is 13.9. The third kappa shape index (κ3) is 2.15. The lowest BCUT2D eigenvalue weighted by atomic mass is 10.0. The number of carbonyl (C=O) groups is 1. The lowest BCUT2D eigenvalue weighted by Gasteiger charge is -2.02. The summed E-state index contributed by atoms with van der Waals surface area (Å²) >= 11 is 3.27. The highest BCUT2D eigenvalue weighted by atomic mass is 32.1. The smallest absolute Gasteiger partial charge is 0.152 e. The first-order valence-corrected chi connectivity index (χ1v) is 7.88. The molecular weight excluding hydrogens is 284 g/mol. The molecule has 0 unspecified atom stereocenters. The summed E-state index contributed by atoms with van der Waals surface area (Å²) in [6.45, 7) is 3.89. The fraction of sp³-hybridized carbons (Fsp3) is 0. The van der Waals surface area contributed by atoms with E-state index < -0.39 is 0 Å². The van der Waals surface area contributed by atoms with Crippen molar-refractivity contribution >= 4 is 35.0 Å². The summed E-state index contributed by atoms with van der Waals surface area (Å²) in [6, 6.07) is 14.1. The second-order valence-electron chi connectivity index (χ2n) is 4.25. The van der Waals surface area contributed by atoms with Gasteiger partial charge in [-0.1, -0.05) is 49.1 Å². The Kier molecular flexibility index (Phi) is 3.63. The van der Waals surface area contributed by atoms with Gasteiger partial charge in [0.15, 0.2) is 6.29 Å². The molecule has 0 atom stereocenters. The van der Waals surface area contributed by atoms with Crippen molar-refractivity contribution in [3.8, 4) is 20.9 Å². The number of benzene rings is 1. The summed E-state index contributed by atoms with van der Waals surface area (Å²) in [5.74, 6) is 0. The van der Waals surface area contributed by atoms with E-state index in [1.54, 1.807) is 22.7 Å². The standard InChI is InChI=1S/C17H12OS2/c1-2-14-16(12-7-4-3-5-8-12)13(11-18)17(20-14)15-9-6-10-19-15/h2-11H,1H2. The van der Waals surface area contributed by atoms with Crippen molar-refractivity contribution in [2.24, 2.45) is 0 Å². The molecule has 0 N–H and O–H groups in total. The number of aldehydes is 1. The molecule has 0 saturated heterocycles. The molecule has 0 aliphatic rings. The van der Waals surface area contributed by atoms with Gasteiger partial charge in [-0.3, -0.25) is 4.79 Å². The van der Waals surface area contributed by atoms with Crippen molar-refractivity contribution in [1.82, 2.24) is 0 Å². The molecule has 1 nitrogen and oxygen atoms in total. The fourth-order valence-corrected chi connectivity index (χ4v) is 4.22. The van der Waals surface area contributed by atoms with Gasteiger partial charge >= 0.3 is 0 Å². The molecule has 2 heterocycles. The number of thiophene rings is 2. The highest BCUT2D eigenvalue weighted by Gasteiger charge is 2.19. The Morgan fingerprint density at radius 3 is 2.45 bits per heavy atom. The molecule has 0 amide bonds. The molecule has 0 aliphatic heterocycles. The van der Waals surface area contributed by atoms with Crippen LogP contribution in [-0.4, -0.2) is 6.29 Å². The van der Waals surface area contributed by atoms with E-state index in [0.29, 0.717) is 0 Å². The Bertz CT molecular complexity index is 737. The van der Waals surface area contributed by atoms with E-state index in [1.807, 2.05) is 53.9 Å². The Morgan fingerprint density at radius 1 is 1.05 bits per heavy atom. The van der Waals surface area contributed by atoms with Gasteiger partial charge in [0, 0.05) is 20.9 Å². The maximum absolute atomic E-state index is 11.6. The lowest BCUT2D eigenvalue weighted by Crippen LogP contribution is -1.85. The van der Waals surface area contributed by atoms with Gasteiger partial charge in [-0.05, 0) is 17.0 Å². The normalized spacial score (nSPS) is 10.4. The third-order valence-electron chi connectivity index (χ3n) is 3.08. The summed E-state index contributed by atoms with van der Waals surface area (Å²) in [7, 11) is 0. The van der Waals surface area contributed by atoms with Crippen LogP contribution in [0.4, 0.5) is 0 Å². The average Bonchev–Trinajstić information content (AvgIpc) is 3.14. The summed E-state index contributed by atoms with van der Waals surface area (Å²) in [5, 5.41) is 2.03. The van der Waals surface area contributed by atoms with Crippen LogP contribution in [0, 0.1) is 0 Å². The van der Waals surface area contributed by atoms with E-state index >= 15 is 0 Å². The Balaban J connectivity index is 2.29. The largest absolute Gasteiger partial charge is 0.298 e. The van der Waals surface area contributed by atoms with Gasteiger partial charge in [-0.25, -0.2) is 0 Å². The first kappa shape index (κ1) is 13.0. The predicted octanol–water partition coefficient (Wildman–Crippen LogP) is 5.60. The molecule has 98 valence electrons. The summed E-state index contributed by atoms with van der Waals surface area (Å²) in [6.07, 6.45) is 2.79. The van der Waals surface area contributed by atoms with E-state index in [-0.39, 0.29) is 0 Å². The molecule has 1 aromatic carbocycles. The molecule has 0 saturated carbocycles. The van der Waals surface area contributed by atoms with Crippen LogP contribution in [0.15, 0.2) is 54.4 Å². The molecule has 2 aromatic heterocycles. The van der Waals surface area contributed by atoms with E-state index in [2.05, 4.69) is 6.58 Å². The molecule has 20 heavy (non-hydrogen) atoms. The average molecular weight is 296 g/mol. The quantitative estimate of drug-likeness (QED) is 0.573. The molecule has 0 aliphatic carbocycles. The first-order chi connectivity index (χ1) is 9.85. The van der Waals surface area contributed by atoms with E-state index in [1.165, 1.54) is 0 Å². The summed E-state index contributed by atoms with van der Waals surface area (Å²) < 4.78 is 0. The van der Waals surface area contributed by atoms with Crippen molar-refractivity contribution in [1.29, 1.82) is 0 Å². The number of carbonyl (C=O) groups excluding carboxylic acids is 1. The zero-order valence-electron chi connectivity index (χ0n) is 10.7. The van der Waals surface area contributed by atoms with Gasteiger partial charge in [0.2, 0.25) is 0 Å².